The van der Waals surface area contributed by atoms with E-state index >= 15 is 0 Å². The summed E-state index contributed by atoms with van der Waals surface area (Å²) in [5.41, 5.74) is 8.07. The van der Waals surface area contributed by atoms with Gasteiger partial charge in [0.25, 0.3) is 0 Å². The van der Waals surface area contributed by atoms with Crippen molar-refractivity contribution in [3.8, 4) is 6.19 Å². The lowest BCUT2D eigenvalue weighted by atomic mass is 11.4. The maximum Gasteiger partial charge on any atom is 0.200 e. The first-order chi connectivity index (χ1) is 71.4. The first-order valence-electron chi connectivity index (χ1n) is 28.5. The Morgan fingerprint density at radius 3 is 0.182 bits per heavy atom. The van der Waals surface area contributed by atoms with Gasteiger partial charge in [-0.15, -0.1) is 0 Å². The molecule has 0 aromatic heterocycles. The van der Waals surface area contributed by atoms with Gasteiger partial charge < -0.3 is 0 Å². The van der Waals surface area contributed by atoms with Crippen molar-refractivity contribution < 1.29 is 0 Å². The highest BCUT2D eigenvalue weighted by molar-refractivity contribution is 4.56. The van der Waals surface area contributed by atoms with Crippen LogP contribution < -0.4 is 5.43 Å². The third kappa shape index (κ3) is 113. The highest BCUT2D eigenvalue weighted by Gasteiger charge is 1.84. The minimum Gasteiger partial charge on any atom is -0.193 e. The normalized spacial score (nSPS) is 15.6. The van der Waals surface area contributed by atoms with Gasteiger partial charge in [-0.3, -0.25) is 0 Å². The van der Waals surface area contributed by atoms with E-state index in [0.717, 1.165) is 0 Å². The molecule has 0 aliphatic heterocycles. The molecule has 716 valence electrons. The summed E-state index contributed by atoms with van der Waals surface area (Å²) in [6, 6.07) is 0. The quantitative estimate of drug-likeness (QED) is 0.0259. The summed E-state index contributed by atoms with van der Waals surface area (Å²) < 4.78 is 0. The van der Waals surface area contributed by atoms with Crippen LogP contribution in [0.2, 0.25) is 0 Å². The third-order valence-electron chi connectivity index (χ3n) is 5.63. The van der Waals surface area contributed by atoms with Gasteiger partial charge in [-0.05, 0) is 83.6 Å². The molecule has 0 aromatic carbocycles. The van der Waals surface area contributed by atoms with Crippen LogP contribution in [0.25, 0.3) is 0 Å². The first kappa shape index (κ1) is 114. The molecule has 0 heterocycles. The average molecular weight is 2000 g/mol. The van der Waals surface area contributed by atoms with Crippen molar-refractivity contribution >= 4 is 0 Å². The van der Waals surface area contributed by atoms with Gasteiger partial charge in [0.05, 0.1) is 0 Å². The summed E-state index contributed by atoms with van der Waals surface area (Å²) >= 11 is 0. The predicted molar refractivity (Wildman–Crippen MR) is 349 cm³/mol. The maximum absolute atomic E-state index is 8.09. The van der Waals surface area contributed by atoms with Crippen molar-refractivity contribution in [1.82, 2.24) is 5.43 Å². The molecule has 0 aromatic rings. The van der Waals surface area contributed by atoms with Gasteiger partial charge >= 0.3 is 0 Å². The zero-order valence-corrected chi connectivity index (χ0v) is 64.1. The summed E-state index contributed by atoms with van der Waals surface area (Å²) in [7, 11) is 0. The fourth-order valence-corrected chi connectivity index (χ4v) is 2.50. The highest BCUT2D eigenvalue weighted by Crippen LogP contribution is 2.02. The van der Waals surface area contributed by atoms with Gasteiger partial charge in [-0.2, -0.15) is 16.2 Å². The van der Waals surface area contributed by atoms with Gasteiger partial charge in [0.2, 0.25) is 0 Å². The number of nitrogens with one attached hydrogen (secondary N) is 2. The Bertz CT molecular complexity index is 5200. The van der Waals surface area contributed by atoms with E-state index in [1.54, 1.807) is 5.43 Å². The van der Waals surface area contributed by atoms with Gasteiger partial charge in [-0.1, -0.05) is 0 Å². The largest absolute Gasteiger partial charge is 0.200 e. The van der Waals surface area contributed by atoms with Gasteiger partial charge in [0, 0.05) is 642 Å². The van der Waals surface area contributed by atoms with E-state index in [1.807, 2.05) is 0 Å². The van der Waals surface area contributed by atoms with Crippen molar-refractivity contribution in [3.05, 3.63) is 0 Å². The molecule has 0 bridgehead atoms. The van der Waals surface area contributed by atoms with E-state index in [9.17, 15) is 0 Å². The monoisotopic (exact) mass is 2000 g/mol. The van der Waals surface area contributed by atoms with Crippen molar-refractivity contribution in [1.29, 1.82) is 10.8 Å². The summed E-state index contributed by atoms with van der Waals surface area (Å²) in [6.07, 6.45) is 1.43. The molecule has 0 saturated heterocycles. The van der Waals surface area contributed by atoms with Crippen molar-refractivity contribution in [2.45, 2.75) is 0 Å². The maximum atomic E-state index is 8.09. The molecular formula is CH2N142. The van der Waals surface area contributed by atoms with Crippen LogP contribution >= 0.6 is 0 Å². The first-order valence-corrected chi connectivity index (χ1v) is 28.5. The SMILES string of the molecule is N#CN/N=N/N=N/N=N/N=N/N=N/N=N/N=N/N=N/N=N/N=N/N=N/N=N/N=N/N=N/N=N/N=N/N=N/N=N/N=N/N=N/N=N/N=N/N=N/N=N/N=N/N=N/N=N/N=N/N=N/N=N/N=N/N=N/N=N/N=N/N=N/N=N/N=N/N=N/N=N/N=N/N=N/N=N/N=N/N=N/N=N/N=N/N=N/N=N/N=N/N=N/N=N/N=N/N=N/N=N/N=N/N=N/N=N/N=N/N=N/N=N/N=N/N=N/N=N/N=N/N=N/N=N/N=N/N=N/N=N/N=N. The van der Waals surface area contributed by atoms with E-state index in [-0.39, 0.29) is 0 Å². The van der Waals surface area contributed by atoms with E-state index in [1.165, 1.54) is 6.19 Å². The lowest BCUT2D eigenvalue weighted by Gasteiger charge is -1.72. The van der Waals surface area contributed by atoms with Crippen LogP contribution in [-0.2, 0) is 0 Å². The third-order valence-corrected chi connectivity index (χ3v) is 5.63. The Hall–Kier alpha value is -28.7. The molecule has 0 atom stereocenters. The lowest BCUT2D eigenvalue weighted by Crippen LogP contribution is -1.88. The molecular weight excluding hydrogens is 2000 g/mol. The van der Waals surface area contributed by atoms with Gasteiger partial charge in [0.15, 0.2) is 6.19 Å². The highest BCUT2D eigenvalue weighted by atomic mass is 15.8. The number of hydrogen-bond acceptors (Lipinski definition) is 3. The number of rotatable bonds is 70. The summed E-state index contributed by atoms with van der Waals surface area (Å²) in [6.45, 7) is 0. The predicted octanol–water partition coefficient (Wildman–Crippen LogP) is 25.3. The second kappa shape index (κ2) is 113. The summed E-state index contributed by atoms with van der Waals surface area (Å²) in [4.78, 5) is 0. The zero-order chi connectivity index (χ0) is 102. The van der Waals surface area contributed by atoms with E-state index in [4.69, 9.17) is 10.8 Å². The zero-order valence-electron chi connectivity index (χ0n) is 64.1. The molecule has 2 N–H and O–H groups in total. The minimum absolute atomic E-state index is 1.43. The Kier molecular flexibility index (Phi) is 90.5. The van der Waals surface area contributed by atoms with Crippen LogP contribution in [0.1, 0.15) is 0 Å². The number of nitrogens with zero attached hydrogens (tertiary/aromatic N) is 140. The van der Waals surface area contributed by atoms with E-state index < -0.39 is 0 Å². The molecule has 0 spiro atoms. The Morgan fingerprint density at radius 1 is 0.0839 bits per heavy atom. The number of nitriles is 1. The Balaban J connectivity index is 4.14. The fourth-order valence-electron chi connectivity index (χ4n) is 2.50. The fraction of sp³-hybridized carbons (Fsp3) is 0. The smallest absolute Gasteiger partial charge is 0.193 e. The van der Waals surface area contributed by atoms with Crippen molar-refractivity contribution in [2.24, 2.45) is 726 Å². The summed E-state index contributed by atoms with van der Waals surface area (Å²) in [5, 5.41) is 424. The molecule has 142 heteroatoms. The lowest BCUT2D eigenvalue weighted by molar-refractivity contribution is 0.722. The van der Waals surface area contributed by atoms with Crippen LogP contribution in [0.3, 0.4) is 0 Å². The summed E-state index contributed by atoms with van der Waals surface area (Å²) in [5.74, 6) is 0. The molecule has 0 unspecified atom stereocenters. The molecule has 0 fully saturated rings. The second-order valence-corrected chi connectivity index (χ2v) is 12.7. The van der Waals surface area contributed by atoms with Crippen LogP contribution in [0.4, 0.5) is 0 Å². The molecule has 0 aliphatic carbocycles. The molecule has 0 rings (SSSR count). The van der Waals surface area contributed by atoms with Crippen LogP contribution in [0.5, 0.6) is 0 Å². The van der Waals surface area contributed by atoms with Crippen molar-refractivity contribution in [2.75, 3.05) is 0 Å². The van der Waals surface area contributed by atoms with Gasteiger partial charge in [0.1, 0.15) is 0 Å². The molecule has 0 saturated carbocycles. The van der Waals surface area contributed by atoms with Crippen LogP contribution in [-0.4, -0.2) is 0 Å². The molecule has 0 radical (unpaired) electrons. The average Bonchev–Trinajstić information content (AvgIpc) is 1.11. The van der Waals surface area contributed by atoms with Crippen LogP contribution in [0, 0.1) is 17.0 Å². The number of hydrogen-bond donors (Lipinski definition) is 2. The topological polar surface area (TPSA) is 1780 Å². The molecule has 142 nitrogen and oxygen atoms in total. The van der Waals surface area contributed by atoms with Crippen LogP contribution in [0.15, 0.2) is 726 Å². The molecule has 0 aliphatic rings. The minimum atomic E-state index is 1.43. The standard InChI is InChI=1S/CH2N142/c2-1-4-6-8-10-12-14-16-18-20-22-24-26-28-30-32-34-36-38-40-42-44-46-48-50-52-54-56-58-60-62-64-66-68-70-72-74-76-78-80-82-84-86-88-90-92-94-96-98-100-102-104-106-108-110-112-114-116-118-120-122-124-126-128-130-132-134-136-138-140-142-143-141-139-137-135-133-131-129-127-125-123-121-119-117-115-113-111-109-107-105-103-101-99-97-95-93-91-89-87-85-83-81-79-77-75-73-71-69-67-65-63-61-59-57-55-53-51-49-47-45-43-41-39-37-35-33-31-29-27-25-23-21-19-17-15-13-11-9-7-5-3/h(H2,3,4,7,8,11,12,15,16,19,20,23,24,27,28,31,32,35,36,39,40,43,44,47,48,51,52,55,56,59,60,63,64,67,68,71,72,75,76,79,80,83,84,87,88,91,92,95,96,99,100,103,104,107,108,111,112,115,116,119,120,123,124,127,128,131,132,135,136,139,140,143). The van der Waals surface area contributed by atoms with Crippen molar-refractivity contribution in [3.63, 3.8) is 0 Å². The Labute approximate surface area is 748 Å². The molecule has 0 amide bonds. The van der Waals surface area contributed by atoms with Gasteiger partial charge in [-0.25, -0.2) is 0 Å². The molecule has 143 heavy (non-hydrogen) atoms. The Morgan fingerprint density at radius 2 is 0.133 bits per heavy atom. The van der Waals surface area contributed by atoms with E-state index in [2.05, 4.69) is 726 Å². The van der Waals surface area contributed by atoms with E-state index in [0.29, 0.717) is 0 Å². The second-order valence-electron chi connectivity index (χ2n) is 12.7.